The van der Waals surface area contributed by atoms with E-state index in [0.29, 0.717) is 26.2 Å². The highest BCUT2D eigenvalue weighted by molar-refractivity contribution is 5.84. The fourth-order valence-electron chi connectivity index (χ4n) is 13.0. The van der Waals surface area contributed by atoms with Crippen LogP contribution in [-0.4, -0.2) is 125 Å². The quantitative estimate of drug-likeness (QED) is 0.155. The SMILES string of the molecule is CCN1C(=O)N2Cc3cc(OC)cc(OC)c3C(C)C=C2C12CCN(Cc1cc(C)cc(C)c1)CC2.CCN1C(=O)N2Cc3cc(OC)cc(OC)c3C(C)C=C2C12CCN(Cc1cccn1C)CC2. The first-order chi connectivity index (χ1) is 33.7. The van der Waals surface area contributed by atoms with E-state index in [2.05, 4.69) is 134 Å². The minimum absolute atomic E-state index is 0.117. The molecule has 7 heterocycles. The van der Waals surface area contributed by atoms with Crippen molar-refractivity contribution in [2.75, 3.05) is 67.7 Å². The fourth-order valence-corrected chi connectivity index (χ4v) is 13.0. The van der Waals surface area contributed by atoms with Gasteiger partial charge in [-0.3, -0.25) is 19.6 Å². The molecule has 10 rings (SSSR count). The zero-order valence-electron chi connectivity index (χ0n) is 43.6. The second-order valence-corrected chi connectivity index (χ2v) is 20.4. The van der Waals surface area contributed by atoms with Gasteiger partial charge in [-0.2, -0.15) is 0 Å². The van der Waals surface area contributed by atoms with Crippen molar-refractivity contribution in [1.82, 2.24) is 34.0 Å². The predicted octanol–water partition coefficient (Wildman–Crippen LogP) is 9.95. The van der Waals surface area contributed by atoms with E-state index in [1.807, 2.05) is 21.9 Å². The molecular formula is C57H75N7O6. The molecule has 6 aliphatic rings. The number of amides is 4. The number of carbonyl (C=O) groups excluding carboxylic acids is 2. The topological polar surface area (TPSA) is 95.4 Å². The van der Waals surface area contributed by atoms with E-state index < -0.39 is 0 Å². The molecule has 2 spiro atoms. The molecule has 6 aliphatic heterocycles. The molecule has 0 N–H and O–H groups in total. The smallest absolute Gasteiger partial charge is 0.325 e. The number of methoxy groups -OCH3 is 4. The van der Waals surface area contributed by atoms with Crippen molar-refractivity contribution >= 4 is 12.1 Å². The summed E-state index contributed by atoms with van der Waals surface area (Å²) in [7, 11) is 8.85. The van der Waals surface area contributed by atoms with Gasteiger partial charge in [-0.05, 0) is 94.3 Å². The van der Waals surface area contributed by atoms with E-state index in [9.17, 15) is 9.59 Å². The Labute approximate surface area is 416 Å². The van der Waals surface area contributed by atoms with Crippen LogP contribution in [0.2, 0.25) is 0 Å². The normalized spacial score (nSPS) is 21.5. The number of aryl methyl sites for hydroxylation is 3. The van der Waals surface area contributed by atoms with Gasteiger partial charge in [0, 0.05) is 118 Å². The summed E-state index contributed by atoms with van der Waals surface area (Å²) < 4.78 is 24.8. The van der Waals surface area contributed by atoms with Crippen LogP contribution in [0.5, 0.6) is 23.0 Å². The lowest BCUT2D eigenvalue weighted by atomic mass is 9.82. The van der Waals surface area contributed by atoms with Crippen molar-refractivity contribution in [3.05, 3.63) is 129 Å². The summed E-state index contributed by atoms with van der Waals surface area (Å²) in [5.41, 5.74) is 11.7. The third kappa shape index (κ3) is 8.60. The summed E-state index contributed by atoms with van der Waals surface area (Å²) in [5.74, 6) is 3.44. The number of allylic oxidation sites excluding steroid dienone is 2. The molecule has 4 saturated heterocycles. The number of likely N-dealkylation sites (N-methyl/N-ethyl adjacent to an activating group) is 2. The minimum atomic E-state index is -0.252. The fraction of sp³-hybridized carbons (Fsp3) is 0.509. The molecule has 4 aromatic rings. The van der Waals surface area contributed by atoms with Gasteiger partial charge < -0.3 is 33.3 Å². The Kier molecular flexibility index (Phi) is 13.8. The summed E-state index contributed by atoms with van der Waals surface area (Å²) in [6.07, 6.45) is 10.5. The Hall–Kier alpha value is -5.92. The number of aromatic nitrogens is 1. The van der Waals surface area contributed by atoms with Crippen LogP contribution in [0, 0.1) is 13.8 Å². The molecule has 0 aliphatic carbocycles. The number of fused-ring (bicyclic) bond motifs is 6. The maximum Gasteiger partial charge on any atom is 0.325 e. The Morgan fingerprint density at radius 3 is 1.43 bits per heavy atom. The van der Waals surface area contributed by atoms with Gasteiger partial charge >= 0.3 is 12.1 Å². The van der Waals surface area contributed by atoms with Crippen LogP contribution in [0.4, 0.5) is 9.59 Å². The molecule has 3 aromatic carbocycles. The Morgan fingerprint density at radius 2 is 1.04 bits per heavy atom. The Balaban J connectivity index is 0.000000174. The highest BCUT2D eigenvalue weighted by atomic mass is 16.5. The Morgan fingerprint density at radius 1 is 0.600 bits per heavy atom. The number of hydrogen-bond acceptors (Lipinski definition) is 8. The van der Waals surface area contributed by atoms with E-state index in [4.69, 9.17) is 18.9 Å². The number of hydrogen-bond donors (Lipinski definition) is 0. The number of nitrogens with zero attached hydrogens (tertiary/aromatic N) is 7. The molecule has 13 heteroatoms. The van der Waals surface area contributed by atoms with E-state index in [-0.39, 0.29) is 35.0 Å². The predicted molar refractivity (Wildman–Crippen MR) is 275 cm³/mol. The highest BCUT2D eigenvalue weighted by Crippen LogP contribution is 2.51. The van der Waals surface area contributed by atoms with Gasteiger partial charge in [0.05, 0.1) is 52.6 Å². The van der Waals surface area contributed by atoms with Crippen LogP contribution in [0.3, 0.4) is 0 Å². The van der Waals surface area contributed by atoms with Crippen LogP contribution < -0.4 is 18.9 Å². The maximum atomic E-state index is 13.8. The molecule has 374 valence electrons. The third-order valence-corrected chi connectivity index (χ3v) is 16.3. The molecule has 1 aromatic heterocycles. The number of rotatable bonds is 10. The first-order valence-corrected chi connectivity index (χ1v) is 25.5. The highest BCUT2D eigenvalue weighted by Gasteiger charge is 2.56. The largest absolute Gasteiger partial charge is 0.497 e. The van der Waals surface area contributed by atoms with Gasteiger partial charge in [0.15, 0.2) is 0 Å². The third-order valence-electron chi connectivity index (χ3n) is 16.3. The van der Waals surface area contributed by atoms with Crippen LogP contribution in [0.1, 0.15) is 110 Å². The maximum absolute atomic E-state index is 13.8. The van der Waals surface area contributed by atoms with E-state index in [1.165, 1.54) is 33.8 Å². The zero-order chi connectivity index (χ0) is 49.6. The number of benzene rings is 3. The average Bonchev–Trinajstić information content (AvgIpc) is 3.81. The van der Waals surface area contributed by atoms with E-state index >= 15 is 0 Å². The van der Waals surface area contributed by atoms with Gasteiger partial charge in [-0.15, -0.1) is 0 Å². The van der Waals surface area contributed by atoms with Crippen molar-refractivity contribution in [2.45, 2.75) is 116 Å². The number of ether oxygens (including phenoxy) is 4. The molecule has 70 heavy (non-hydrogen) atoms. The lowest BCUT2D eigenvalue weighted by Crippen LogP contribution is -2.53. The van der Waals surface area contributed by atoms with Gasteiger partial charge in [0.25, 0.3) is 0 Å². The molecule has 2 atom stereocenters. The monoisotopic (exact) mass is 954 g/mol. The first kappa shape index (κ1) is 49.1. The molecule has 13 nitrogen and oxygen atoms in total. The summed E-state index contributed by atoms with van der Waals surface area (Å²) in [6, 6.07) is 19.4. The summed E-state index contributed by atoms with van der Waals surface area (Å²) in [4.78, 5) is 40.9. The van der Waals surface area contributed by atoms with E-state index in [1.54, 1.807) is 28.4 Å². The van der Waals surface area contributed by atoms with Crippen molar-refractivity contribution in [2.24, 2.45) is 7.05 Å². The zero-order valence-corrected chi connectivity index (χ0v) is 43.6. The molecule has 0 radical (unpaired) electrons. The molecule has 4 fully saturated rings. The second kappa shape index (κ2) is 19.7. The second-order valence-electron chi connectivity index (χ2n) is 20.4. The lowest BCUT2D eigenvalue weighted by molar-refractivity contribution is 0.0877. The number of carbonyl (C=O) groups is 2. The van der Waals surface area contributed by atoms with Crippen LogP contribution in [0.15, 0.2) is 84.3 Å². The number of urea groups is 2. The summed E-state index contributed by atoms with van der Waals surface area (Å²) >= 11 is 0. The van der Waals surface area contributed by atoms with Gasteiger partial charge in [-0.1, -0.05) is 55.3 Å². The number of piperidine rings is 2. The van der Waals surface area contributed by atoms with Crippen LogP contribution >= 0.6 is 0 Å². The van der Waals surface area contributed by atoms with Crippen LogP contribution in [0.25, 0.3) is 0 Å². The van der Waals surface area contributed by atoms with Crippen molar-refractivity contribution in [1.29, 1.82) is 0 Å². The first-order valence-electron chi connectivity index (χ1n) is 25.5. The van der Waals surface area contributed by atoms with E-state index in [0.717, 1.165) is 110 Å². The molecule has 0 bridgehead atoms. The summed E-state index contributed by atoms with van der Waals surface area (Å²) in [6.45, 7) is 21.3. The van der Waals surface area contributed by atoms with Crippen molar-refractivity contribution in [3.8, 4) is 23.0 Å². The van der Waals surface area contributed by atoms with Gasteiger partial charge in [0.2, 0.25) is 0 Å². The minimum Gasteiger partial charge on any atom is -0.497 e. The van der Waals surface area contributed by atoms with Gasteiger partial charge in [-0.25, -0.2) is 9.59 Å². The molecule has 4 amide bonds. The molecule has 2 unspecified atom stereocenters. The summed E-state index contributed by atoms with van der Waals surface area (Å²) in [5, 5.41) is 0. The van der Waals surface area contributed by atoms with Crippen molar-refractivity contribution in [3.63, 3.8) is 0 Å². The molecule has 0 saturated carbocycles. The lowest BCUT2D eigenvalue weighted by Gasteiger charge is -2.44. The Bertz CT molecular complexity index is 2650. The molecular weight excluding hydrogens is 879 g/mol. The standard InChI is InChI=1S/C30H39N3O3.C27H36N4O3/c1-7-33-29(34)32-19-24-16-25(35-5)17-26(36-6)28(24)22(4)15-27(32)30(33)8-10-31(11-9-30)18-23-13-20(2)12-21(3)14-23;1-6-31-26(32)30-17-20-15-22(33-4)16-23(34-5)25(20)19(2)14-24(30)27(31)9-12-29(13-10-27)18-21-8-7-11-28(21)3/h12-17,22H,7-11,18-19H2,1-6H3;7-8,11,14-16,19H,6,9-10,12-13,17-18H2,1-5H3. The van der Waals surface area contributed by atoms with Crippen molar-refractivity contribution < 1.29 is 28.5 Å². The number of likely N-dealkylation sites (tertiary alicyclic amines) is 2. The van der Waals surface area contributed by atoms with Gasteiger partial charge in [0.1, 0.15) is 23.0 Å². The average molecular weight is 954 g/mol. The van der Waals surface area contributed by atoms with Crippen LogP contribution in [-0.2, 0) is 33.2 Å².